The summed E-state index contributed by atoms with van der Waals surface area (Å²) >= 11 is 0. The van der Waals surface area contributed by atoms with E-state index in [1.807, 2.05) is 13.0 Å². The van der Waals surface area contributed by atoms with Crippen LogP contribution in [0.5, 0.6) is 17.2 Å². The summed E-state index contributed by atoms with van der Waals surface area (Å²) in [7, 11) is 1.60. The van der Waals surface area contributed by atoms with Gasteiger partial charge in [-0.1, -0.05) is 26.0 Å². The van der Waals surface area contributed by atoms with Crippen LogP contribution < -0.4 is 19.5 Å². The Kier molecular flexibility index (Phi) is 10.7. The Balaban J connectivity index is 2.06. The Labute approximate surface area is 185 Å². The van der Waals surface area contributed by atoms with E-state index >= 15 is 0 Å². The smallest absolute Gasteiger partial charge is 0.259 e. The molecule has 2 rings (SSSR count). The van der Waals surface area contributed by atoms with Crippen LogP contribution >= 0.6 is 0 Å². The number of carbonyl (C=O) groups is 1. The van der Waals surface area contributed by atoms with Crippen molar-refractivity contribution in [1.29, 1.82) is 0 Å². The van der Waals surface area contributed by atoms with E-state index in [2.05, 4.69) is 24.1 Å². The molecule has 0 heterocycles. The van der Waals surface area contributed by atoms with Gasteiger partial charge in [-0.05, 0) is 44.3 Å². The molecule has 1 amide bonds. The number of ether oxygens (including phenoxy) is 4. The van der Waals surface area contributed by atoms with E-state index in [9.17, 15) is 4.79 Å². The summed E-state index contributed by atoms with van der Waals surface area (Å²) < 4.78 is 22.3. The highest BCUT2D eigenvalue weighted by Gasteiger charge is 2.14. The van der Waals surface area contributed by atoms with Crippen molar-refractivity contribution < 1.29 is 23.7 Å². The first-order valence-corrected chi connectivity index (χ1v) is 10.8. The molecule has 0 atom stereocenters. The number of anilines is 1. The number of likely N-dealkylation sites (N-methyl/N-ethyl adjacent to an activating group) is 1. The molecule has 0 aliphatic rings. The van der Waals surface area contributed by atoms with E-state index in [0.717, 1.165) is 19.6 Å². The Morgan fingerprint density at radius 3 is 2.35 bits per heavy atom. The Bertz CT molecular complexity index is 808. The van der Waals surface area contributed by atoms with Crippen molar-refractivity contribution in [2.45, 2.75) is 20.8 Å². The summed E-state index contributed by atoms with van der Waals surface area (Å²) in [4.78, 5) is 15.1. The van der Waals surface area contributed by atoms with Crippen LogP contribution in [0.4, 0.5) is 5.69 Å². The predicted octanol–water partition coefficient (Wildman–Crippen LogP) is 4.08. The molecule has 0 radical (unpaired) electrons. The van der Waals surface area contributed by atoms with Crippen molar-refractivity contribution >= 4 is 11.6 Å². The standard InChI is InChI=1S/C24H34N2O5/c1-5-26(6-2)14-15-30-23-18-19(12-13-22(23)28-4)25-24(27)20-10-8-9-11-21(20)31-17-16-29-7-3/h8-13,18H,5-7,14-17H2,1-4H3,(H,25,27). The third-order valence-corrected chi connectivity index (χ3v) is 4.80. The lowest BCUT2D eigenvalue weighted by molar-refractivity contribution is 0.0998. The third kappa shape index (κ3) is 7.77. The van der Waals surface area contributed by atoms with Crippen molar-refractivity contribution in [3.8, 4) is 17.2 Å². The highest BCUT2D eigenvalue weighted by molar-refractivity contribution is 6.06. The zero-order valence-corrected chi connectivity index (χ0v) is 19.0. The second-order valence-corrected chi connectivity index (χ2v) is 6.74. The molecule has 0 saturated carbocycles. The normalized spacial score (nSPS) is 10.7. The van der Waals surface area contributed by atoms with E-state index in [0.29, 0.717) is 54.9 Å². The molecule has 0 spiro atoms. The molecular formula is C24H34N2O5. The molecule has 0 unspecified atom stereocenters. The lowest BCUT2D eigenvalue weighted by Crippen LogP contribution is -2.28. The number of nitrogens with zero attached hydrogens (tertiary/aromatic N) is 1. The first-order valence-electron chi connectivity index (χ1n) is 10.8. The van der Waals surface area contributed by atoms with Crippen molar-refractivity contribution in [2.75, 3.05) is 58.5 Å². The minimum absolute atomic E-state index is 0.258. The van der Waals surface area contributed by atoms with Gasteiger partial charge in [0.05, 0.1) is 19.3 Å². The van der Waals surface area contributed by atoms with E-state index in [1.54, 1.807) is 43.5 Å². The van der Waals surface area contributed by atoms with Gasteiger partial charge in [0.2, 0.25) is 0 Å². The number of amides is 1. The van der Waals surface area contributed by atoms with Gasteiger partial charge in [0.25, 0.3) is 5.91 Å². The first kappa shape index (κ1) is 24.5. The summed E-state index contributed by atoms with van der Waals surface area (Å²) in [5.41, 5.74) is 1.08. The van der Waals surface area contributed by atoms with Crippen LogP contribution in [0.15, 0.2) is 42.5 Å². The van der Waals surface area contributed by atoms with Crippen LogP contribution in [0.3, 0.4) is 0 Å². The van der Waals surface area contributed by atoms with Crippen LogP contribution in [0, 0.1) is 0 Å². The van der Waals surface area contributed by atoms with Gasteiger partial charge in [0.15, 0.2) is 11.5 Å². The predicted molar refractivity (Wildman–Crippen MR) is 123 cm³/mol. The molecule has 2 aromatic rings. The number of carbonyl (C=O) groups excluding carboxylic acids is 1. The van der Waals surface area contributed by atoms with Crippen LogP contribution in [-0.2, 0) is 4.74 Å². The molecule has 1 N–H and O–H groups in total. The zero-order chi connectivity index (χ0) is 22.5. The molecule has 0 bridgehead atoms. The number of para-hydroxylation sites is 1. The molecule has 2 aromatic carbocycles. The molecular weight excluding hydrogens is 396 g/mol. The second kappa shape index (κ2) is 13.5. The minimum atomic E-state index is -0.258. The number of hydrogen-bond donors (Lipinski definition) is 1. The van der Waals surface area contributed by atoms with Crippen molar-refractivity contribution in [3.63, 3.8) is 0 Å². The van der Waals surface area contributed by atoms with Gasteiger partial charge in [-0.3, -0.25) is 4.79 Å². The van der Waals surface area contributed by atoms with Gasteiger partial charge in [0.1, 0.15) is 19.0 Å². The summed E-state index contributed by atoms with van der Waals surface area (Å²) in [6, 6.07) is 12.5. The number of hydrogen-bond acceptors (Lipinski definition) is 6. The van der Waals surface area contributed by atoms with Crippen LogP contribution in [0.2, 0.25) is 0 Å². The maximum Gasteiger partial charge on any atom is 0.259 e. The van der Waals surface area contributed by atoms with Crippen LogP contribution in [0.1, 0.15) is 31.1 Å². The average molecular weight is 431 g/mol. The maximum atomic E-state index is 12.9. The summed E-state index contributed by atoms with van der Waals surface area (Å²) in [6.07, 6.45) is 0. The number of nitrogens with one attached hydrogen (secondary N) is 1. The number of methoxy groups -OCH3 is 1. The largest absolute Gasteiger partial charge is 0.493 e. The van der Waals surface area contributed by atoms with Crippen LogP contribution in [-0.4, -0.2) is 64.0 Å². The zero-order valence-electron chi connectivity index (χ0n) is 19.0. The molecule has 0 saturated heterocycles. The minimum Gasteiger partial charge on any atom is -0.493 e. The fourth-order valence-corrected chi connectivity index (χ4v) is 3.03. The summed E-state index contributed by atoms with van der Waals surface area (Å²) in [5, 5.41) is 2.92. The monoisotopic (exact) mass is 430 g/mol. The van der Waals surface area contributed by atoms with Gasteiger partial charge in [-0.2, -0.15) is 0 Å². The lowest BCUT2D eigenvalue weighted by Gasteiger charge is -2.19. The highest BCUT2D eigenvalue weighted by atomic mass is 16.5. The Morgan fingerprint density at radius 2 is 1.65 bits per heavy atom. The van der Waals surface area contributed by atoms with E-state index in [-0.39, 0.29) is 5.91 Å². The average Bonchev–Trinajstić information content (AvgIpc) is 2.80. The van der Waals surface area contributed by atoms with Crippen LogP contribution in [0.25, 0.3) is 0 Å². The van der Waals surface area contributed by atoms with Gasteiger partial charge < -0.3 is 29.2 Å². The number of benzene rings is 2. The van der Waals surface area contributed by atoms with Crippen molar-refractivity contribution in [1.82, 2.24) is 4.90 Å². The highest BCUT2D eigenvalue weighted by Crippen LogP contribution is 2.31. The molecule has 170 valence electrons. The Morgan fingerprint density at radius 1 is 0.903 bits per heavy atom. The van der Waals surface area contributed by atoms with Crippen molar-refractivity contribution in [3.05, 3.63) is 48.0 Å². The molecule has 0 aromatic heterocycles. The molecule has 31 heavy (non-hydrogen) atoms. The molecule has 7 heteroatoms. The van der Waals surface area contributed by atoms with E-state index in [1.165, 1.54) is 0 Å². The number of rotatable bonds is 14. The molecule has 0 aliphatic heterocycles. The quantitative estimate of drug-likeness (QED) is 0.456. The SMILES string of the molecule is CCOCCOc1ccccc1C(=O)Nc1ccc(OC)c(OCCN(CC)CC)c1. The summed E-state index contributed by atoms with van der Waals surface area (Å²) in [5.74, 6) is 1.47. The first-order chi connectivity index (χ1) is 15.1. The van der Waals surface area contributed by atoms with E-state index in [4.69, 9.17) is 18.9 Å². The van der Waals surface area contributed by atoms with Crippen molar-refractivity contribution in [2.24, 2.45) is 0 Å². The Hall–Kier alpha value is -2.77. The molecule has 0 aliphatic carbocycles. The van der Waals surface area contributed by atoms with Gasteiger partial charge in [-0.25, -0.2) is 0 Å². The fourth-order valence-electron chi connectivity index (χ4n) is 3.03. The maximum absolute atomic E-state index is 12.9. The molecule has 0 fully saturated rings. The molecule has 7 nitrogen and oxygen atoms in total. The second-order valence-electron chi connectivity index (χ2n) is 6.74. The summed E-state index contributed by atoms with van der Waals surface area (Å²) in [6.45, 7) is 10.9. The van der Waals surface area contributed by atoms with Gasteiger partial charge in [0, 0.05) is 24.9 Å². The third-order valence-electron chi connectivity index (χ3n) is 4.80. The van der Waals surface area contributed by atoms with E-state index < -0.39 is 0 Å². The topological polar surface area (TPSA) is 69.3 Å². The van der Waals surface area contributed by atoms with Gasteiger partial charge >= 0.3 is 0 Å². The van der Waals surface area contributed by atoms with Gasteiger partial charge in [-0.15, -0.1) is 0 Å². The fraction of sp³-hybridized carbons (Fsp3) is 0.458. The lowest BCUT2D eigenvalue weighted by atomic mass is 10.1.